The summed E-state index contributed by atoms with van der Waals surface area (Å²) in [5, 5.41) is 7.73. The second-order valence-corrected chi connectivity index (χ2v) is 4.62. The molecule has 0 fully saturated rings. The van der Waals surface area contributed by atoms with Crippen LogP contribution in [-0.4, -0.2) is 32.1 Å². The molecule has 0 spiro atoms. The van der Waals surface area contributed by atoms with E-state index in [0.717, 1.165) is 12.0 Å². The van der Waals surface area contributed by atoms with Crippen molar-refractivity contribution in [3.05, 3.63) is 29.8 Å². The standard InChI is InChI=1S/C15H23N3O3/c1-5-12(16-3)11-8-6-7-9-13(11)21-10(2)14(19)18-15(20)17-4/h6-10,12,16H,5H2,1-4H3,(H2,17,18,19,20). The number of carbonyl (C=O) groups excluding carboxylic acids is 2. The molecule has 0 saturated heterocycles. The number of imide groups is 1. The first-order valence-electron chi connectivity index (χ1n) is 6.98. The first-order chi connectivity index (χ1) is 10.0. The van der Waals surface area contributed by atoms with Crippen molar-refractivity contribution in [2.45, 2.75) is 32.4 Å². The summed E-state index contributed by atoms with van der Waals surface area (Å²) in [5.41, 5.74) is 0.988. The van der Waals surface area contributed by atoms with Gasteiger partial charge in [0, 0.05) is 18.7 Å². The Bertz CT molecular complexity index is 487. The van der Waals surface area contributed by atoms with Crippen molar-refractivity contribution < 1.29 is 14.3 Å². The lowest BCUT2D eigenvalue weighted by Crippen LogP contribution is -2.44. The zero-order valence-corrected chi connectivity index (χ0v) is 12.9. The molecule has 3 amide bonds. The van der Waals surface area contributed by atoms with Crippen LogP contribution in [0.15, 0.2) is 24.3 Å². The number of benzene rings is 1. The Morgan fingerprint density at radius 1 is 1.24 bits per heavy atom. The predicted octanol–water partition coefficient (Wildman–Crippen LogP) is 1.58. The molecule has 6 nitrogen and oxygen atoms in total. The van der Waals surface area contributed by atoms with Gasteiger partial charge in [-0.1, -0.05) is 25.1 Å². The number of rotatable bonds is 6. The molecule has 0 heterocycles. The molecule has 2 unspecified atom stereocenters. The Morgan fingerprint density at radius 2 is 1.90 bits per heavy atom. The van der Waals surface area contributed by atoms with Gasteiger partial charge in [0.15, 0.2) is 6.10 Å². The summed E-state index contributed by atoms with van der Waals surface area (Å²) in [5.74, 6) is 0.153. The van der Waals surface area contributed by atoms with E-state index >= 15 is 0 Å². The molecule has 0 aliphatic rings. The number of nitrogens with one attached hydrogen (secondary N) is 3. The molecule has 1 rings (SSSR count). The average molecular weight is 293 g/mol. The highest BCUT2D eigenvalue weighted by Crippen LogP contribution is 2.27. The Morgan fingerprint density at radius 3 is 2.48 bits per heavy atom. The van der Waals surface area contributed by atoms with Gasteiger partial charge in [-0.25, -0.2) is 4.79 Å². The van der Waals surface area contributed by atoms with Crippen LogP contribution >= 0.6 is 0 Å². The van der Waals surface area contributed by atoms with E-state index in [1.807, 2.05) is 31.3 Å². The van der Waals surface area contributed by atoms with Gasteiger partial charge in [0.1, 0.15) is 5.75 Å². The van der Waals surface area contributed by atoms with Gasteiger partial charge >= 0.3 is 6.03 Å². The summed E-state index contributed by atoms with van der Waals surface area (Å²) in [4.78, 5) is 23.0. The van der Waals surface area contributed by atoms with Gasteiger partial charge in [0.05, 0.1) is 0 Å². The predicted molar refractivity (Wildman–Crippen MR) is 81.2 cm³/mol. The van der Waals surface area contributed by atoms with Gasteiger partial charge in [0.2, 0.25) is 0 Å². The topological polar surface area (TPSA) is 79.5 Å². The number of amides is 3. The number of urea groups is 1. The van der Waals surface area contributed by atoms with E-state index in [4.69, 9.17) is 4.74 Å². The Balaban J connectivity index is 2.82. The smallest absolute Gasteiger partial charge is 0.321 e. The van der Waals surface area contributed by atoms with Crippen molar-refractivity contribution >= 4 is 11.9 Å². The first kappa shape index (κ1) is 17.0. The third-order valence-electron chi connectivity index (χ3n) is 3.19. The van der Waals surface area contributed by atoms with Crippen LogP contribution in [0, 0.1) is 0 Å². The fraction of sp³-hybridized carbons (Fsp3) is 0.467. The fourth-order valence-electron chi connectivity index (χ4n) is 1.98. The molecule has 1 aromatic carbocycles. The van der Waals surface area contributed by atoms with Crippen LogP contribution in [0.25, 0.3) is 0 Å². The molecule has 0 aliphatic carbocycles. The Kier molecular flexibility index (Phi) is 6.68. The summed E-state index contributed by atoms with van der Waals surface area (Å²) in [6.07, 6.45) is 0.133. The van der Waals surface area contributed by atoms with Crippen LogP contribution in [0.2, 0.25) is 0 Å². The zero-order valence-electron chi connectivity index (χ0n) is 12.9. The van der Waals surface area contributed by atoms with E-state index in [1.165, 1.54) is 7.05 Å². The van der Waals surface area contributed by atoms with Crippen molar-refractivity contribution in [2.24, 2.45) is 0 Å². The largest absolute Gasteiger partial charge is 0.481 e. The average Bonchev–Trinajstić information content (AvgIpc) is 2.49. The van der Waals surface area contributed by atoms with Crippen LogP contribution in [0.1, 0.15) is 31.9 Å². The minimum atomic E-state index is -0.766. The van der Waals surface area contributed by atoms with Gasteiger partial charge in [0.25, 0.3) is 5.91 Å². The Hall–Kier alpha value is -2.08. The molecule has 2 atom stereocenters. The zero-order chi connectivity index (χ0) is 15.8. The molecule has 0 radical (unpaired) electrons. The molecular weight excluding hydrogens is 270 g/mol. The van der Waals surface area contributed by atoms with Crippen molar-refractivity contribution in [3.8, 4) is 5.75 Å². The molecule has 6 heteroatoms. The Labute approximate surface area is 125 Å². The second-order valence-electron chi connectivity index (χ2n) is 4.62. The van der Waals surface area contributed by atoms with E-state index in [0.29, 0.717) is 5.75 Å². The minimum Gasteiger partial charge on any atom is -0.481 e. The maximum atomic E-state index is 11.8. The van der Waals surface area contributed by atoms with Crippen LogP contribution in [0.5, 0.6) is 5.75 Å². The number of para-hydroxylation sites is 1. The second kappa shape index (κ2) is 8.26. The van der Waals surface area contributed by atoms with Gasteiger partial charge < -0.3 is 15.4 Å². The van der Waals surface area contributed by atoms with Crippen LogP contribution < -0.4 is 20.7 Å². The molecule has 0 saturated carbocycles. The molecule has 116 valence electrons. The highest BCUT2D eigenvalue weighted by atomic mass is 16.5. The lowest BCUT2D eigenvalue weighted by atomic mass is 10.0. The third-order valence-corrected chi connectivity index (χ3v) is 3.19. The SMILES string of the molecule is CCC(NC)c1ccccc1OC(C)C(=O)NC(=O)NC. The molecule has 0 aromatic heterocycles. The van der Waals surface area contributed by atoms with Gasteiger partial charge in [-0.05, 0) is 26.5 Å². The molecule has 1 aromatic rings. The fourth-order valence-corrected chi connectivity index (χ4v) is 1.98. The van der Waals surface area contributed by atoms with Crippen LogP contribution in [-0.2, 0) is 4.79 Å². The lowest BCUT2D eigenvalue weighted by molar-refractivity contribution is -0.126. The maximum absolute atomic E-state index is 11.8. The van der Waals surface area contributed by atoms with E-state index < -0.39 is 18.0 Å². The first-order valence-corrected chi connectivity index (χ1v) is 6.98. The van der Waals surface area contributed by atoms with Crippen molar-refractivity contribution in [1.82, 2.24) is 16.0 Å². The van der Waals surface area contributed by atoms with Crippen molar-refractivity contribution in [1.29, 1.82) is 0 Å². The summed E-state index contributed by atoms with van der Waals surface area (Å²) < 4.78 is 5.71. The maximum Gasteiger partial charge on any atom is 0.321 e. The van der Waals surface area contributed by atoms with Crippen LogP contribution in [0.3, 0.4) is 0 Å². The molecule has 21 heavy (non-hydrogen) atoms. The number of hydrogen-bond acceptors (Lipinski definition) is 4. The van der Waals surface area contributed by atoms with Crippen LogP contribution in [0.4, 0.5) is 4.79 Å². The highest BCUT2D eigenvalue weighted by molar-refractivity contribution is 5.96. The summed E-state index contributed by atoms with van der Waals surface area (Å²) in [7, 11) is 3.33. The van der Waals surface area contributed by atoms with Gasteiger partial charge in [-0.3, -0.25) is 10.1 Å². The summed E-state index contributed by atoms with van der Waals surface area (Å²) in [6.45, 7) is 3.68. The van der Waals surface area contributed by atoms with Crippen molar-refractivity contribution in [3.63, 3.8) is 0 Å². The number of carbonyl (C=O) groups is 2. The van der Waals surface area contributed by atoms with Gasteiger partial charge in [-0.2, -0.15) is 0 Å². The van der Waals surface area contributed by atoms with Crippen molar-refractivity contribution in [2.75, 3.05) is 14.1 Å². The quantitative estimate of drug-likeness (QED) is 0.744. The molecule has 0 aliphatic heterocycles. The van der Waals surface area contributed by atoms with E-state index in [-0.39, 0.29) is 6.04 Å². The van der Waals surface area contributed by atoms with E-state index in [2.05, 4.69) is 22.9 Å². The molecule has 3 N–H and O–H groups in total. The molecule has 0 bridgehead atoms. The van der Waals surface area contributed by atoms with E-state index in [1.54, 1.807) is 6.92 Å². The minimum absolute atomic E-state index is 0.149. The van der Waals surface area contributed by atoms with E-state index in [9.17, 15) is 9.59 Å². The number of ether oxygens (including phenoxy) is 1. The lowest BCUT2D eigenvalue weighted by Gasteiger charge is -2.21. The number of hydrogen-bond donors (Lipinski definition) is 3. The van der Waals surface area contributed by atoms with Gasteiger partial charge in [-0.15, -0.1) is 0 Å². The normalized spacial score (nSPS) is 13.1. The monoisotopic (exact) mass is 293 g/mol. The summed E-state index contributed by atoms with van der Waals surface area (Å²) >= 11 is 0. The highest BCUT2D eigenvalue weighted by Gasteiger charge is 2.20. The molecular formula is C15H23N3O3. The summed E-state index contributed by atoms with van der Waals surface area (Å²) in [6, 6.07) is 7.16. The third kappa shape index (κ3) is 4.75.